The van der Waals surface area contributed by atoms with E-state index in [2.05, 4.69) is 15.4 Å². The summed E-state index contributed by atoms with van der Waals surface area (Å²) in [4.78, 5) is 17.7. The second-order valence-corrected chi connectivity index (χ2v) is 11.8. The summed E-state index contributed by atoms with van der Waals surface area (Å²) >= 11 is 12.6. The van der Waals surface area contributed by atoms with Crippen LogP contribution in [-0.2, 0) is 15.6 Å². The number of rotatable bonds is 5. The van der Waals surface area contributed by atoms with E-state index in [1.807, 2.05) is 6.07 Å². The zero-order valence-corrected chi connectivity index (χ0v) is 22.4. The first kappa shape index (κ1) is 26.1. The average Bonchev–Trinajstić information content (AvgIpc) is 3.24. The number of nitrogens with one attached hydrogen (secondary N) is 1. The van der Waals surface area contributed by atoms with Gasteiger partial charge in [-0.15, -0.1) is 0 Å². The van der Waals surface area contributed by atoms with Gasteiger partial charge in [-0.25, -0.2) is 17.5 Å². The summed E-state index contributed by atoms with van der Waals surface area (Å²) in [7, 11) is -3.64. The van der Waals surface area contributed by atoms with Gasteiger partial charge in [0, 0.05) is 16.8 Å². The van der Waals surface area contributed by atoms with Crippen LogP contribution < -0.4 is 5.32 Å². The molecule has 1 atom stereocenters. The first-order valence-electron chi connectivity index (χ1n) is 11.6. The number of amides is 1. The first-order chi connectivity index (χ1) is 18.1. The Kier molecular flexibility index (Phi) is 7.09. The van der Waals surface area contributed by atoms with E-state index < -0.39 is 27.6 Å². The van der Waals surface area contributed by atoms with Crippen molar-refractivity contribution in [3.05, 3.63) is 111 Å². The van der Waals surface area contributed by atoms with E-state index in [4.69, 9.17) is 23.2 Å². The Hall–Kier alpha value is -3.53. The number of hydrogen-bond donors (Lipinski definition) is 1. The smallest absolute Gasteiger partial charge is 0.272 e. The molecule has 2 aromatic carbocycles. The lowest BCUT2D eigenvalue weighted by molar-refractivity contribution is 0.0933. The van der Waals surface area contributed by atoms with Crippen LogP contribution in [0.15, 0.2) is 66.9 Å². The fourth-order valence-electron chi connectivity index (χ4n) is 4.34. The molecule has 2 aromatic heterocycles. The largest absolute Gasteiger partial charge is 0.343 e. The van der Waals surface area contributed by atoms with Crippen molar-refractivity contribution in [2.45, 2.75) is 18.7 Å². The molecule has 1 aliphatic heterocycles. The van der Waals surface area contributed by atoms with Gasteiger partial charge < -0.3 is 5.32 Å². The summed E-state index contributed by atoms with van der Waals surface area (Å²) < 4.78 is 41.0. The molecule has 0 spiro atoms. The van der Waals surface area contributed by atoms with Gasteiger partial charge >= 0.3 is 0 Å². The molecule has 1 aliphatic rings. The molecular formula is C27H21Cl2FN4O3S. The maximum atomic E-state index is 13.5. The Labute approximate surface area is 228 Å². The van der Waals surface area contributed by atoms with Crippen LogP contribution in [0.4, 0.5) is 4.39 Å². The van der Waals surface area contributed by atoms with E-state index in [1.165, 1.54) is 16.8 Å². The lowest BCUT2D eigenvalue weighted by atomic mass is 10.0. The van der Waals surface area contributed by atoms with Crippen molar-refractivity contribution in [3.63, 3.8) is 0 Å². The summed E-state index contributed by atoms with van der Waals surface area (Å²) in [5, 5.41) is 8.10. The van der Waals surface area contributed by atoms with Crippen molar-refractivity contribution in [1.29, 1.82) is 0 Å². The zero-order valence-electron chi connectivity index (χ0n) is 20.0. The lowest BCUT2D eigenvalue weighted by Crippen LogP contribution is -2.29. The number of halogens is 3. The van der Waals surface area contributed by atoms with Crippen LogP contribution in [0.2, 0.25) is 10.0 Å². The van der Waals surface area contributed by atoms with E-state index in [1.54, 1.807) is 61.7 Å². The summed E-state index contributed by atoms with van der Waals surface area (Å²) in [5.41, 5.74) is 2.70. The first-order valence-corrected chi connectivity index (χ1v) is 14.1. The van der Waals surface area contributed by atoms with Crippen LogP contribution in [0.25, 0.3) is 17.3 Å². The molecule has 7 nitrogen and oxygen atoms in total. The highest BCUT2D eigenvalue weighted by Crippen LogP contribution is 2.37. The van der Waals surface area contributed by atoms with E-state index in [0.29, 0.717) is 33.2 Å². The van der Waals surface area contributed by atoms with Gasteiger partial charge in [0.15, 0.2) is 15.5 Å². The third-order valence-corrected chi connectivity index (χ3v) is 8.09. The Bertz CT molecular complexity index is 1670. The second-order valence-electron chi connectivity index (χ2n) is 8.89. The summed E-state index contributed by atoms with van der Waals surface area (Å²) in [6, 6.07) is 15.4. The third kappa shape index (κ3) is 5.36. The highest BCUT2D eigenvalue weighted by molar-refractivity contribution is 7.91. The molecule has 0 fully saturated rings. The molecule has 11 heteroatoms. The fourth-order valence-corrected chi connectivity index (χ4v) is 6.34. The van der Waals surface area contributed by atoms with E-state index in [-0.39, 0.29) is 27.8 Å². The van der Waals surface area contributed by atoms with Gasteiger partial charge in [0.1, 0.15) is 5.82 Å². The Morgan fingerprint density at radius 1 is 1.11 bits per heavy atom. The van der Waals surface area contributed by atoms with E-state index in [9.17, 15) is 17.6 Å². The maximum absolute atomic E-state index is 13.5. The van der Waals surface area contributed by atoms with Gasteiger partial charge in [-0.05, 0) is 66.6 Å². The predicted octanol–water partition coefficient (Wildman–Crippen LogP) is 5.67. The topological polar surface area (TPSA) is 94.0 Å². The number of benzene rings is 2. The minimum atomic E-state index is -3.64. The molecule has 4 aromatic rings. The van der Waals surface area contributed by atoms with Gasteiger partial charge in [0.25, 0.3) is 5.91 Å². The summed E-state index contributed by atoms with van der Waals surface area (Å²) in [6.07, 6.45) is 3.27. The van der Waals surface area contributed by atoms with Crippen LogP contribution in [0.5, 0.6) is 0 Å². The third-order valence-electron chi connectivity index (χ3n) is 6.07. The molecule has 194 valence electrons. The van der Waals surface area contributed by atoms with Crippen LogP contribution >= 0.6 is 23.2 Å². The molecule has 3 heterocycles. The fraction of sp³-hybridized carbons (Fsp3) is 0.148. The summed E-state index contributed by atoms with van der Waals surface area (Å²) in [5.74, 6) is -1.64. The van der Waals surface area contributed by atoms with Gasteiger partial charge in [0.05, 0.1) is 39.6 Å². The lowest BCUT2D eigenvalue weighted by Gasteiger charge is -2.19. The normalized spacial score (nSPS) is 16.2. The molecule has 5 rings (SSSR count). The highest BCUT2D eigenvalue weighted by Gasteiger charge is 2.35. The standard InChI is InChI=1S/C27H21Cl2FN4O3S/c1-16(23-4-2-3-11-31-23)32-27(35)25-21-15-38(36,37)14-18(12-17-5-8-20(30)9-6-17)26(21)34(33-25)24-10-7-19(28)13-22(24)29/h2-13,16H,14-15H2,1H3,(H,32,35)/b18-12+/t16-/m1/s1. The van der Waals surface area contributed by atoms with Crippen LogP contribution in [-0.4, -0.2) is 34.8 Å². The number of carbonyl (C=O) groups excluding carboxylic acids is 1. The quantitative estimate of drug-likeness (QED) is 0.333. The maximum Gasteiger partial charge on any atom is 0.272 e. The van der Waals surface area contributed by atoms with Crippen LogP contribution in [0.3, 0.4) is 0 Å². The van der Waals surface area contributed by atoms with Crippen molar-refractivity contribution in [2.75, 3.05) is 5.75 Å². The molecule has 1 amide bonds. The molecule has 0 saturated heterocycles. The molecule has 0 radical (unpaired) electrons. The second kappa shape index (κ2) is 10.3. The molecule has 1 N–H and O–H groups in total. The van der Waals surface area contributed by atoms with Gasteiger partial charge in [0.2, 0.25) is 0 Å². The molecule has 0 saturated carbocycles. The predicted molar refractivity (Wildman–Crippen MR) is 145 cm³/mol. The van der Waals surface area contributed by atoms with Gasteiger partial charge in [-0.2, -0.15) is 5.10 Å². The van der Waals surface area contributed by atoms with E-state index >= 15 is 0 Å². The van der Waals surface area contributed by atoms with Crippen LogP contribution in [0, 0.1) is 5.82 Å². The molecule has 0 bridgehead atoms. The molecule has 0 aliphatic carbocycles. The monoisotopic (exact) mass is 570 g/mol. The van der Waals surface area contributed by atoms with Gasteiger partial charge in [-0.1, -0.05) is 41.4 Å². The number of sulfone groups is 1. The minimum Gasteiger partial charge on any atom is -0.343 e. The number of nitrogens with zero attached hydrogens (tertiary/aromatic N) is 3. The Morgan fingerprint density at radius 3 is 2.55 bits per heavy atom. The Balaban J connectivity index is 1.68. The zero-order chi connectivity index (χ0) is 27.0. The highest BCUT2D eigenvalue weighted by atomic mass is 35.5. The van der Waals surface area contributed by atoms with Crippen molar-refractivity contribution in [1.82, 2.24) is 20.1 Å². The summed E-state index contributed by atoms with van der Waals surface area (Å²) in [6.45, 7) is 1.77. The van der Waals surface area contributed by atoms with Crippen molar-refractivity contribution < 1.29 is 17.6 Å². The molecular weight excluding hydrogens is 550 g/mol. The SMILES string of the molecule is C[C@@H](NC(=O)c1nn(-c2ccc(Cl)cc2Cl)c2c1CS(=O)(=O)C/C2=C\c1ccc(F)cc1)c1ccccn1. The number of carbonyl (C=O) groups is 1. The molecule has 38 heavy (non-hydrogen) atoms. The van der Waals surface area contributed by atoms with Gasteiger partial charge in [-0.3, -0.25) is 9.78 Å². The van der Waals surface area contributed by atoms with Crippen molar-refractivity contribution in [2.24, 2.45) is 0 Å². The number of fused-ring (bicyclic) bond motifs is 1. The Morgan fingerprint density at radius 2 is 1.87 bits per heavy atom. The van der Waals surface area contributed by atoms with Crippen molar-refractivity contribution >= 4 is 50.6 Å². The van der Waals surface area contributed by atoms with Crippen LogP contribution in [0.1, 0.15) is 46.0 Å². The minimum absolute atomic E-state index is 0.0397. The average molecular weight is 571 g/mol. The van der Waals surface area contributed by atoms with E-state index in [0.717, 1.165) is 0 Å². The molecule has 0 unspecified atom stereocenters. The number of aromatic nitrogens is 3. The number of pyridine rings is 1. The van der Waals surface area contributed by atoms with Crippen molar-refractivity contribution in [3.8, 4) is 5.69 Å². The number of hydrogen-bond acceptors (Lipinski definition) is 5.